The lowest BCUT2D eigenvalue weighted by Gasteiger charge is -2.42. The lowest BCUT2D eigenvalue weighted by atomic mass is 9.70. The number of thiazole rings is 1. The van der Waals surface area contributed by atoms with Crippen LogP contribution in [0.15, 0.2) is 35.7 Å². The number of nitrogens with zero attached hydrogens (tertiary/aromatic N) is 2. The summed E-state index contributed by atoms with van der Waals surface area (Å²) in [6, 6.07) is 10.6. The van der Waals surface area contributed by atoms with E-state index >= 15 is 0 Å². The van der Waals surface area contributed by atoms with E-state index in [2.05, 4.69) is 35.0 Å². The zero-order valence-electron chi connectivity index (χ0n) is 15.1. The van der Waals surface area contributed by atoms with Gasteiger partial charge in [-0.1, -0.05) is 30.3 Å². The van der Waals surface area contributed by atoms with Crippen molar-refractivity contribution in [2.24, 2.45) is 0 Å². The van der Waals surface area contributed by atoms with Crippen LogP contribution < -0.4 is 5.32 Å². The van der Waals surface area contributed by atoms with Gasteiger partial charge in [0, 0.05) is 37.5 Å². The molecule has 2 aliphatic rings. The molecule has 0 spiro atoms. The van der Waals surface area contributed by atoms with Gasteiger partial charge in [0.25, 0.3) is 5.91 Å². The standard InChI is InChI=1S/C20H25N3O2S/c1-21-19-22-17(14-26-19)20(15-6-3-2-4-7-15)9-11-23(12-10-20)18(24)16-8-5-13-25-16/h2-4,6-7,14,16H,5,8-13H2,1H3,(H,21,22)/t16-/m0/s1. The Morgan fingerprint density at radius 1 is 1.31 bits per heavy atom. The molecule has 2 fully saturated rings. The van der Waals surface area contributed by atoms with E-state index in [0.717, 1.165) is 49.6 Å². The summed E-state index contributed by atoms with van der Waals surface area (Å²) in [7, 11) is 1.90. The number of anilines is 1. The molecule has 3 heterocycles. The number of ether oxygens (including phenoxy) is 1. The van der Waals surface area contributed by atoms with E-state index in [4.69, 9.17) is 9.72 Å². The molecule has 1 aromatic heterocycles. The molecule has 0 aliphatic carbocycles. The van der Waals surface area contributed by atoms with Gasteiger partial charge in [-0.05, 0) is 31.2 Å². The number of rotatable bonds is 4. The van der Waals surface area contributed by atoms with Gasteiger partial charge in [-0.15, -0.1) is 11.3 Å². The van der Waals surface area contributed by atoms with Crippen LogP contribution >= 0.6 is 11.3 Å². The number of amides is 1. The smallest absolute Gasteiger partial charge is 0.251 e. The van der Waals surface area contributed by atoms with E-state index in [1.54, 1.807) is 11.3 Å². The largest absolute Gasteiger partial charge is 0.368 e. The number of nitrogens with one attached hydrogen (secondary N) is 1. The summed E-state index contributed by atoms with van der Waals surface area (Å²) >= 11 is 1.64. The van der Waals surface area contributed by atoms with Gasteiger partial charge >= 0.3 is 0 Å². The number of hydrogen-bond donors (Lipinski definition) is 1. The average molecular weight is 372 g/mol. The van der Waals surface area contributed by atoms with E-state index in [9.17, 15) is 4.79 Å². The number of benzene rings is 1. The highest BCUT2D eigenvalue weighted by Crippen LogP contribution is 2.42. The number of carbonyl (C=O) groups excluding carboxylic acids is 1. The van der Waals surface area contributed by atoms with Gasteiger partial charge in [-0.25, -0.2) is 4.98 Å². The summed E-state index contributed by atoms with van der Waals surface area (Å²) in [5.74, 6) is 0.165. The highest BCUT2D eigenvalue weighted by molar-refractivity contribution is 7.13. The number of carbonyl (C=O) groups is 1. The summed E-state index contributed by atoms with van der Waals surface area (Å²) in [6.07, 6.45) is 3.40. The van der Waals surface area contributed by atoms with Gasteiger partial charge in [0.1, 0.15) is 6.10 Å². The van der Waals surface area contributed by atoms with E-state index < -0.39 is 0 Å². The molecule has 1 aromatic carbocycles. The number of piperidine rings is 1. The van der Waals surface area contributed by atoms with Gasteiger partial charge in [0.2, 0.25) is 0 Å². The van der Waals surface area contributed by atoms with Crippen molar-refractivity contribution in [3.63, 3.8) is 0 Å². The van der Waals surface area contributed by atoms with E-state index in [0.29, 0.717) is 6.61 Å². The van der Waals surface area contributed by atoms with E-state index in [-0.39, 0.29) is 17.4 Å². The molecule has 1 amide bonds. The van der Waals surface area contributed by atoms with Crippen LogP contribution in [0, 0.1) is 0 Å². The molecule has 0 saturated carbocycles. The van der Waals surface area contributed by atoms with Gasteiger partial charge in [0.15, 0.2) is 5.13 Å². The van der Waals surface area contributed by atoms with Crippen molar-refractivity contribution in [2.45, 2.75) is 37.2 Å². The van der Waals surface area contributed by atoms with Crippen LogP contribution in [0.2, 0.25) is 0 Å². The fraction of sp³-hybridized carbons (Fsp3) is 0.500. The molecule has 26 heavy (non-hydrogen) atoms. The molecule has 0 unspecified atom stereocenters. The number of aromatic nitrogens is 1. The lowest BCUT2D eigenvalue weighted by Crippen LogP contribution is -2.48. The SMILES string of the molecule is CNc1nc(C2(c3ccccc3)CCN(C(=O)[C@@H]3CCCO3)CC2)cs1. The van der Waals surface area contributed by atoms with Crippen molar-refractivity contribution >= 4 is 22.4 Å². The Morgan fingerprint density at radius 3 is 2.69 bits per heavy atom. The Hall–Kier alpha value is -1.92. The minimum atomic E-state index is -0.227. The summed E-state index contributed by atoms with van der Waals surface area (Å²) in [6.45, 7) is 2.21. The second kappa shape index (κ2) is 7.37. The van der Waals surface area contributed by atoms with Gasteiger partial charge in [-0.2, -0.15) is 0 Å². The zero-order valence-corrected chi connectivity index (χ0v) is 15.9. The van der Waals surface area contributed by atoms with Crippen molar-refractivity contribution in [2.75, 3.05) is 32.1 Å². The first-order valence-electron chi connectivity index (χ1n) is 9.32. The Labute approximate surface area is 158 Å². The van der Waals surface area contributed by atoms with Crippen LogP contribution in [0.1, 0.15) is 36.9 Å². The predicted molar refractivity (Wildman–Crippen MR) is 104 cm³/mol. The molecule has 4 rings (SSSR count). The quantitative estimate of drug-likeness (QED) is 0.896. The molecule has 6 heteroatoms. The summed E-state index contributed by atoms with van der Waals surface area (Å²) in [5.41, 5.74) is 2.28. The Balaban J connectivity index is 1.59. The second-order valence-electron chi connectivity index (χ2n) is 7.06. The summed E-state index contributed by atoms with van der Waals surface area (Å²) < 4.78 is 5.60. The minimum Gasteiger partial charge on any atom is -0.368 e. The molecule has 0 bridgehead atoms. The highest BCUT2D eigenvalue weighted by Gasteiger charge is 2.42. The molecule has 2 saturated heterocycles. The Morgan fingerprint density at radius 2 is 2.08 bits per heavy atom. The first-order valence-corrected chi connectivity index (χ1v) is 10.2. The normalized spacial score (nSPS) is 22.3. The minimum absolute atomic E-state index is 0.125. The van der Waals surface area contributed by atoms with Crippen molar-refractivity contribution in [3.05, 3.63) is 47.0 Å². The number of likely N-dealkylation sites (tertiary alicyclic amines) is 1. The average Bonchev–Trinajstić information content (AvgIpc) is 3.40. The van der Waals surface area contributed by atoms with Crippen molar-refractivity contribution in [3.8, 4) is 0 Å². The fourth-order valence-electron chi connectivity index (χ4n) is 4.14. The highest BCUT2D eigenvalue weighted by atomic mass is 32.1. The maximum atomic E-state index is 12.7. The third kappa shape index (κ3) is 3.12. The maximum absolute atomic E-state index is 12.7. The van der Waals surface area contributed by atoms with Gasteiger partial charge in [-0.3, -0.25) is 4.79 Å². The first kappa shape index (κ1) is 17.5. The molecule has 0 radical (unpaired) electrons. The van der Waals surface area contributed by atoms with Crippen LogP contribution in [0.5, 0.6) is 0 Å². The first-order chi connectivity index (χ1) is 12.7. The Kier molecular flexibility index (Phi) is 4.96. The topological polar surface area (TPSA) is 54.5 Å². The monoisotopic (exact) mass is 371 g/mol. The molecule has 1 N–H and O–H groups in total. The number of hydrogen-bond acceptors (Lipinski definition) is 5. The van der Waals surface area contributed by atoms with Crippen LogP contribution in [0.3, 0.4) is 0 Å². The van der Waals surface area contributed by atoms with Crippen molar-refractivity contribution in [1.82, 2.24) is 9.88 Å². The summed E-state index contributed by atoms with van der Waals surface area (Å²) in [5, 5.41) is 6.25. The van der Waals surface area contributed by atoms with Crippen molar-refractivity contribution in [1.29, 1.82) is 0 Å². The second-order valence-corrected chi connectivity index (χ2v) is 7.92. The third-order valence-corrected chi connectivity index (χ3v) is 6.53. The van der Waals surface area contributed by atoms with Crippen LogP contribution in [-0.4, -0.2) is 48.6 Å². The van der Waals surface area contributed by atoms with E-state index in [1.807, 2.05) is 18.0 Å². The molecule has 2 aromatic rings. The zero-order chi connectivity index (χ0) is 18.0. The third-order valence-electron chi connectivity index (χ3n) is 5.67. The van der Waals surface area contributed by atoms with Crippen LogP contribution in [-0.2, 0) is 14.9 Å². The molecule has 138 valence electrons. The summed E-state index contributed by atoms with van der Waals surface area (Å²) in [4.78, 5) is 19.5. The molecular weight excluding hydrogens is 346 g/mol. The van der Waals surface area contributed by atoms with Gasteiger partial charge < -0.3 is 15.0 Å². The van der Waals surface area contributed by atoms with Crippen LogP contribution in [0.25, 0.3) is 0 Å². The van der Waals surface area contributed by atoms with Crippen LogP contribution in [0.4, 0.5) is 5.13 Å². The lowest BCUT2D eigenvalue weighted by molar-refractivity contribution is -0.142. The van der Waals surface area contributed by atoms with Gasteiger partial charge in [0.05, 0.1) is 5.69 Å². The maximum Gasteiger partial charge on any atom is 0.251 e. The predicted octanol–water partition coefficient (Wildman–Crippen LogP) is 3.27. The Bertz CT molecular complexity index is 747. The van der Waals surface area contributed by atoms with E-state index in [1.165, 1.54) is 5.56 Å². The molecule has 2 aliphatic heterocycles. The van der Waals surface area contributed by atoms with Crippen molar-refractivity contribution < 1.29 is 9.53 Å². The molecular formula is C20H25N3O2S. The fourth-order valence-corrected chi connectivity index (χ4v) is 4.91. The molecule has 1 atom stereocenters. The molecule has 5 nitrogen and oxygen atoms in total.